The lowest BCUT2D eigenvalue weighted by Gasteiger charge is -2.26. The van der Waals surface area contributed by atoms with Crippen LogP contribution in [0, 0.1) is 11.8 Å². The van der Waals surface area contributed by atoms with Crippen molar-refractivity contribution < 1.29 is 14.4 Å². The first-order valence-corrected chi connectivity index (χ1v) is 7.83. The second-order valence-electron chi connectivity index (χ2n) is 5.50. The SMILES string of the molecule is CC#CCN1C(=O)C(=O)N(C(c2ccccc2)c2ccccc2)C1=O. The van der Waals surface area contributed by atoms with E-state index in [2.05, 4.69) is 11.8 Å². The Morgan fingerprint density at radius 1 is 0.840 bits per heavy atom. The van der Waals surface area contributed by atoms with E-state index in [9.17, 15) is 14.4 Å². The smallest absolute Gasteiger partial charge is 0.263 e. The summed E-state index contributed by atoms with van der Waals surface area (Å²) in [5.74, 6) is 3.62. The summed E-state index contributed by atoms with van der Waals surface area (Å²) in [5, 5.41) is 0. The Kier molecular flexibility index (Phi) is 4.62. The summed E-state index contributed by atoms with van der Waals surface area (Å²) in [6.07, 6.45) is 0. The van der Waals surface area contributed by atoms with E-state index < -0.39 is 23.9 Å². The molecule has 5 nitrogen and oxygen atoms in total. The van der Waals surface area contributed by atoms with Crippen molar-refractivity contribution in [1.82, 2.24) is 9.80 Å². The normalized spacial score (nSPS) is 14.1. The second kappa shape index (κ2) is 7.02. The molecule has 1 heterocycles. The third-order valence-corrected chi connectivity index (χ3v) is 3.99. The fourth-order valence-electron chi connectivity index (χ4n) is 2.81. The molecule has 0 N–H and O–H groups in total. The zero-order chi connectivity index (χ0) is 17.8. The van der Waals surface area contributed by atoms with Crippen molar-refractivity contribution in [3.05, 3.63) is 71.8 Å². The van der Waals surface area contributed by atoms with Gasteiger partial charge in [0.1, 0.15) is 0 Å². The van der Waals surface area contributed by atoms with Crippen molar-refractivity contribution in [2.45, 2.75) is 13.0 Å². The molecule has 3 rings (SSSR count). The van der Waals surface area contributed by atoms with Gasteiger partial charge in [0.05, 0.1) is 12.6 Å². The number of imide groups is 2. The minimum Gasteiger partial charge on any atom is -0.263 e. The number of rotatable bonds is 4. The summed E-state index contributed by atoms with van der Waals surface area (Å²) in [5.41, 5.74) is 1.51. The van der Waals surface area contributed by atoms with Crippen LogP contribution < -0.4 is 0 Å². The molecule has 2 aromatic rings. The number of carbonyl (C=O) groups excluding carboxylic acids is 3. The summed E-state index contributed by atoms with van der Waals surface area (Å²) in [4.78, 5) is 39.5. The third-order valence-electron chi connectivity index (χ3n) is 3.99. The van der Waals surface area contributed by atoms with Crippen LogP contribution in [0.4, 0.5) is 4.79 Å². The summed E-state index contributed by atoms with van der Waals surface area (Å²) in [6, 6.07) is 17.1. The van der Waals surface area contributed by atoms with E-state index in [1.807, 2.05) is 60.7 Å². The van der Waals surface area contributed by atoms with E-state index in [-0.39, 0.29) is 6.54 Å². The molecule has 5 heteroatoms. The van der Waals surface area contributed by atoms with Gasteiger partial charge >= 0.3 is 17.8 Å². The van der Waals surface area contributed by atoms with Gasteiger partial charge in [0, 0.05) is 0 Å². The van der Waals surface area contributed by atoms with E-state index >= 15 is 0 Å². The van der Waals surface area contributed by atoms with E-state index in [1.54, 1.807) is 6.92 Å². The Bertz CT molecular complexity index is 827. The Morgan fingerprint density at radius 3 is 1.84 bits per heavy atom. The highest BCUT2D eigenvalue weighted by atomic mass is 16.2. The number of carbonyl (C=O) groups is 3. The highest BCUT2D eigenvalue weighted by molar-refractivity contribution is 6.44. The van der Waals surface area contributed by atoms with Gasteiger partial charge in [-0.25, -0.2) is 14.6 Å². The van der Waals surface area contributed by atoms with Gasteiger partial charge in [0.15, 0.2) is 0 Å². The zero-order valence-electron chi connectivity index (χ0n) is 13.7. The number of hydrogen-bond donors (Lipinski definition) is 0. The van der Waals surface area contributed by atoms with Gasteiger partial charge in [-0.15, -0.1) is 5.92 Å². The first-order valence-electron chi connectivity index (χ1n) is 7.83. The largest absolute Gasteiger partial charge is 0.335 e. The molecule has 0 bridgehead atoms. The topological polar surface area (TPSA) is 57.7 Å². The van der Waals surface area contributed by atoms with Gasteiger partial charge in [-0.1, -0.05) is 66.6 Å². The van der Waals surface area contributed by atoms with E-state index in [1.165, 1.54) is 0 Å². The monoisotopic (exact) mass is 332 g/mol. The highest BCUT2D eigenvalue weighted by Crippen LogP contribution is 2.32. The van der Waals surface area contributed by atoms with Crippen molar-refractivity contribution in [3.8, 4) is 11.8 Å². The summed E-state index contributed by atoms with van der Waals surface area (Å²) in [7, 11) is 0. The maximum atomic E-state index is 12.8. The van der Waals surface area contributed by atoms with Crippen LogP contribution in [0.15, 0.2) is 60.7 Å². The third kappa shape index (κ3) is 3.02. The van der Waals surface area contributed by atoms with Crippen molar-refractivity contribution in [2.24, 2.45) is 0 Å². The fraction of sp³-hybridized carbons (Fsp3) is 0.150. The number of nitrogens with zero attached hydrogens (tertiary/aromatic N) is 2. The number of benzene rings is 2. The molecule has 1 fully saturated rings. The standard InChI is InChI=1S/C20H16N2O3/c1-2-3-14-21-18(23)19(24)22(20(21)25)17(15-10-6-4-7-11-15)16-12-8-5-9-13-16/h4-13,17H,14H2,1H3. The summed E-state index contributed by atoms with van der Waals surface area (Å²) >= 11 is 0. The Balaban J connectivity index is 2.07. The molecule has 1 saturated heterocycles. The molecule has 25 heavy (non-hydrogen) atoms. The molecule has 0 aliphatic carbocycles. The fourth-order valence-corrected chi connectivity index (χ4v) is 2.81. The predicted octanol–water partition coefficient (Wildman–Crippen LogP) is 2.59. The molecule has 0 unspecified atom stereocenters. The van der Waals surface area contributed by atoms with Gasteiger partial charge in [0.25, 0.3) is 0 Å². The Morgan fingerprint density at radius 2 is 1.36 bits per heavy atom. The molecular formula is C20H16N2O3. The summed E-state index contributed by atoms with van der Waals surface area (Å²) in [6.45, 7) is 1.52. The van der Waals surface area contributed by atoms with Crippen LogP contribution in [-0.4, -0.2) is 34.2 Å². The van der Waals surface area contributed by atoms with E-state index in [0.717, 1.165) is 20.9 Å². The van der Waals surface area contributed by atoms with E-state index in [0.29, 0.717) is 0 Å². The molecule has 0 atom stereocenters. The van der Waals surface area contributed by atoms with Crippen LogP contribution in [0.3, 0.4) is 0 Å². The molecule has 2 aromatic carbocycles. The quantitative estimate of drug-likeness (QED) is 0.491. The molecule has 0 aromatic heterocycles. The average Bonchev–Trinajstić information content (AvgIpc) is 2.86. The van der Waals surface area contributed by atoms with Gasteiger partial charge in [-0.2, -0.15) is 0 Å². The van der Waals surface area contributed by atoms with Gasteiger partial charge in [-0.3, -0.25) is 9.59 Å². The van der Waals surface area contributed by atoms with Crippen molar-refractivity contribution in [2.75, 3.05) is 6.54 Å². The maximum Gasteiger partial charge on any atom is 0.335 e. The lowest BCUT2D eigenvalue weighted by molar-refractivity contribution is -0.143. The molecule has 0 saturated carbocycles. The number of hydrogen-bond acceptors (Lipinski definition) is 3. The van der Waals surface area contributed by atoms with Crippen LogP contribution in [0.25, 0.3) is 0 Å². The van der Waals surface area contributed by atoms with E-state index in [4.69, 9.17) is 0 Å². The van der Waals surface area contributed by atoms with Crippen LogP contribution in [0.1, 0.15) is 24.1 Å². The lowest BCUT2D eigenvalue weighted by atomic mass is 9.97. The molecule has 0 spiro atoms. The molecule has 1 aliphatic rings. The van der Waals surface area contributed by atoms with Gasteiger partial charge in [0.2, 0.25) is 0 Å². The average molecular weight is 332 g/mol. The predicted molar refractivity (Wildman–Crippen MR) is 92.1 cm³/mol. The number of amides is 4. The van der Waals surface area contributed by atoms with Crippen LogP contribution >= 0.6 is 0 Å². The minimum absolute atomic E-state index is 0.0906. The van der Waals surface area contributed by atoms with Crippen LogP contribution in [0.2, 0.25) is 0 Å². The van der Waals surface area contributed by atoms with Crippen LogP contribution in [-0.2, 0) is 9.59 Å². The molecular weight excluding hydrogens is 316 g/mol. The van der Waals surface area contributed by atoms with Gasteiger partial charge in [-0.05, 0) is 18.1 Å². The Labute approximate surface area is 145 Å². The van der Waals surface area contributed by atoms with Crippen LogP contribution in [0.5, 0.6) is 0 Å². The summed E-state index contributed by atoms with van der Waals surface area (Å²) < 4.78 is 0. The highest BCUT2D eigenvalue weighted by Gasteiger charge is 2.48. The first kappa shape index (κ1) is 16.5. The lowest BCUT2D eigenvalue weighted by Crippen LogP contribution is -2.37. The molecule has 0 radical (unpaired) electrons. The van der Waals surface area contributed by atoms with Crippen molar-refractivity contribution in [3.63, 3.8) is 0 Å². The molecule has 124 valence electrons. The van der Waals surface area contributed by atoms with Crippen molar-refractivity contribution >= 4 is 17.8 Å². The zero-order valence-corrected chi connectivity index (χ0v) is 13.7. The molecule has 1 aliphatic heterocycles. The second-order valence-corrected chi connectivity index (χ2v) is 5.50. The molecule has 4 amide bonds. The maximum absolute atomic E-state index is 12.8. The van der Waals surface area contributed by atoms with Crippen molar-refractivity contribution in [1.29, 1.82) is 0 Å². The first-order chi connectivity index (χ1) is 12.1. The van der Waals surface area contributed by atoms with Gasteiger partial charge < -0.3 is 0 Å². The Hall–Kier alpha value is -3.39. The number of urea groups is 1. The minimum atomic E-state index is -0.843.